The van der Waals surface area contributed by atoms with Gasteiger partial charge in [-0.1, -0.05) is 11.2 Å². The van der Waals surface area contributed by atoms with Crippen molar-refractivity contribution in [2.24, 2.45) is 5.16 Å². The molecule has 6 heteroatoms. The highest BCUT2D eigenvalue weighted by Crippen LogP contribution is 2.25. The highest BCUT2D eigenvalue weighted by molar-refractivity contribution is 8.18. The van der Waals surface area contributed by atoms with Crippen LogP contribution in [0.5, 0.6) is 0 Å². The maximum atomic E-state index is 11.3. The zero-order valence-electron chi connectivity index (χ0n) is 7.54. The number of thioether (sulfide) groups is 1. The van der Waals surface area contributed by atoms with Gasteiger partial charge in [0.1, 0.15) is 0 Å². The van der Waals surface area contributed by atoms with E-state index >= 15 is 0 Å². The van der Waals surface area contributed by atoms with Gasteiger partial charge in [-0.15, -0.1) is 0 Å². The van der Waals surface area contributed by atoms with Crippen molar-refractivity contribution in [3.8, 4) is 0 Å². The zero-order valence-corrected chi connectivity index (χ0v) is 8.36. The SMILES string of the molecule is O=C1N/C(=N/O)S/C1=C/c1cccnc1. The van der Waals surface area contributed by atoms with Crippen LogP contribution in [0.1, 0.15) is 5.56 Å². The lowest BCUT2D eigenvalue weighted by Crippen LogP contribution is -2.19. The van der Waals surface area contributed by atoms with Crippen molar-refractivity contribution in [3.63, 3.8) is 0 Å². The van der Waals surface area contributed by atoms with E-state index in [1.807, 2.05) is 6.07 Å². The first-order valence-electron chi connectivity index (χ1n) is 4.12. The molecule has 1 amide bonds. The number of nitrogens with one attached hydrogen (secondary N) is 1. The average molecular weight is 221 g/mol. The first-order valence-corrected chi connectivity index (χ1v) is 4.94. The Hall–Kier alpha value is -1.82. The normalized spacial score (nSPS) is 20.9. The number of carbonyl (C=O) groups is 1. The van der Waals surface area contributed by atoms with Crippen LogP contribution < -0.4 is 5.32 Å². The number of hydrogen-bond acceptors (Lipinski definition) is 5. The summed E-state index contributed by atoms with van der Waals surface area (Å²) in [6.45, 7) is 0. The molecule has 0 radical (unpaired) electrons. The summed E-state index contributed by atoms with van der Waals surface area (Å²) in [7, 11) is 0. The van der Waals surface area contributed by atoms with E-state index in [0.717, 1.165) is 17.3 Å². The lowest BCUT2D eigenvalue weighted by molar-refractivity contribution is -0.115. The lowest BCUT2D eigenvalue weighted by Gasteiger charge is -1.92. The Balaban J connectivity index is 2.26. The topological polar surface area (TPSA) is 74.6 Å². The summed E-state index contributed by atoms with van der Waals surface area (Å²) in [6.07, 6.45) is 4.99. The summed E-state index contributed by atoms with van der Waals surface area (Å²) in [5.74, 6) is -0.267. The van der Waals surface area contributed by atoms with Crippen molar-refractivity contribution in [3.05, 3.63) is 35.0 Å². The summed E-state index contributed by atoms with van der Waals surface area (Å²) in [4.78, 5) is 15.7. The molecule has 1 aliphatic rings. The quantitative estimate of drug-likeness (QED) is 0.422. The Morgan fingerprint density at radius 1 is 1.60 bits per heavy atom. The van der Waals surface area contributed by atoms with Gasteiger partial charge in [-0.25, -0.2) is 0 Å². The van der Waals surface area contributed by atoms with Gasteiger partial charge in [0.2, 0.25) is 5.17 Å². The van der Waals surface area contributed by atoms with Crippen molar-refractivity contribution >= 4 is 28.9 Å². The molecule has 15 heavy (non-hydrogen) atoms. The van der Waals surface area contributed by atoms with E-state index in [1.165, 1.54) is 0 Å². The lowest BCUT2D eigenvalue weighted by atomic mass is 10.2. The smallest absolute Gasteiger partial charge is 0.264 e. The molecule has 0 aliphatic carbocycles. The van der Waals surface area contributed by atoms with Gasteiger partial charge in [0.15, 0.2) is 0 Å². The van der Waals surface area contributed by atoms with Crippen molar-refractivity contribution in [2.75, 3.05) is 0 Å². The summed E-state index contributed by atoms with van der Waals surface area (Å²) in [5.41, 5.74) is 0.828. The third-order valence-corrected chi connectivity index (χ3v) is 2.62. The molecule has 0 bridgehead atoms. The maximum Gasteiger partial charge on any atom is 0.264 e. The number of hydrogen-bond donors (Lipinski definition) is 2. The van der Waals surface area contributed by atoms with Crippen LogP contribution in [0.2, 0.25) is 0 Å². The fourth-order valence-electron chi connectivity index (χ4n) is 1.09. The predicted octanol–water partition coefficient (Wildman–Crippen LogP) is 1.03. The molecule has 2 rings (SSSR count). The zero-order chi connectivity index (χ0) is 10.7. The van der Waals surface area contributed by atoms with Crippen LogP contribution in [0.15, 0.2) is 34.6 Å². The Kier molecular flexibility index (Phi) is 2.68. The van der Waals surface area contributed by atoms with Crippen LogP contribution >= 0.6 is 11.8 Å². The maximum absolute atomic E-state index is 11.3. The highest BCUT2D eigenvalue weighted by atomic mass is 32.2. The summed E-state index contributed by atoms with van der Waals surface area (Å²) in [5, 5.41) is 14.0. The molecule has 1 aliphatic heterocycles. The minimum atomic E-state index is -0.267. The van der Waals surface area contributed by atoms with Gasteiger partial charge < -0.3 is 5.21 Å². The van der Waals surface area contributed by atoms with Crippen LogP contribution in [0.4, 0.5) is 0 Å². The molecule has 0 spiro atoms. The van der Waals surface area contributed by atoms with E-state index in [1.54, 1.807) is 24.5 Å². The molecule has 0 atom stereocenters. The van der Waals surface area contributed by atoms with E-state index in [-0.39, 0.29) is 11.1 Å². The summed E-state index contributed by atoms with van der Waals surface area (Å²) >= 11 is 1.09. The molecule has 2 N–H and O–H groups in total. The fourth-order valence-corrected chi connectivity index (χ4v) is 1.82. The number of aromatic nitrogens is 1. The molecular weight excluding hydrogens is 214 g/mol. The summed E-state index contributed by atoms with van der Waals surface area (Å²) < 4.78 is 0. The van der Waals surface area contributed by atoms with Gasteiger partial charge in [0, 0.05) is 12.4 Å². The van der Waals surface area contributed by atoms with Crippen LogP contribution in [0.3, 0.4) is 0 Å². The number of nitrogens with zero attached hydrogens (tertiary/aromatic N) is 2. The van der Waals surface area contributed by atoms with Gasteiger partial charge in [0.25, 0.3) is 5.91 Å². The molecule has 1 fully saturated rings. The van der Waals surface area contributed by atoms with Crippen LogP contribution in [-0.2, 0) is 4.79 Å². The van der Waals surface area contributed by atoms with E-state index in [0.29, 0.717) is 4.91 Å². The Morgan fingerprint density at radius 2 is 2.47 bits per heavy atom. The third kappa shape index (κ3) is 2.16. The Morgan fingerprint density at radius 3 is 3.07 bits per heavy atom. The molecule has 1 aromatic rings. The monoisotopic (exact) mass is 221 g/mol. The van der Waals surface area contributed by atoms with Crippen LogP contribution in [-0.4, -0.2) is 21.3 Å². The molecule has 76 valence electrons. The number of rotatable bonds is 1. The molecule has 1 aromatic heterocycles. The van der Waals surface area contributed by atoms with E-state index in [9.17, 15) is 4.79 Å². The second-order valence-corrected chi connectivity index (χ2v) is 3.79. The molecule has 0 unspecified atom stereocenters. The number of carbonyl (C=O) groups excluding carboxylic acids is 1. The standard InChI is InChI=1S/C9H7N3O2S/c13-8-7(15-9(11-8)12-14)4-6-2-1-3-10-5-6/h1-5,14H,(H,11,12,13)/b7-4+. The average Bonchev–Trinajstić information content (AvgIpc) is 2.61. The van der Waals surface area contributed by atoms with Crippen molar-refractivity contribution < 1.29 is 10.0 Å². The van der Waals surface area contributed by atoms with Crippen molar-refractivity contribution in [1.29, 1.82) is 0 Å². The second-order valence-electron chi connectivity index (χ2n) is 2.76. The fraction of sp³-hybridized carbons (Fsp3) is 0. The predicted molar refractivity (Wildman–Crippen MR) is 57.2 cm³/mol. The minimum absolute atomic E-state index is 0.190. The minimum Gasteiger partial charge on any atom is -0.409 e. The molecule has 0 saturated carbocycles. The number of amidine groups is 1. The first-order chi connectivity index (χ1) is 7.29. The number of amides is 1. The first kappa shape index (κ1) is 9.72. The van der Waals surface area contributed by atoms with Gasteiger partial charge in [-0.05, 0) is 29.5 Å². The van der Waals surface area contributed by atoms with Gasteiger partial charge in [0.05, 0.1) is 4.91 Å². The number of oxime groups is 1. The molecule has 0 aromatic carbocycles. The third-order valence-electron chi connectivity index (χ3n) is 1.72. The Labute approximate surface area is 89.9 Å². The summed E-state index contributed by atoms with van der Waals surface area (Å²) in [6, 6.07) is 3.62. The van der Waals surface area contributed by atoms with Crippen molar-refractivity contribution in [1.82, 2.24) is 10.3 Å². The molecular formula is C9H7N3O2S. The van der Waals surface area contributed by atoms with E-state index < -0.39 is 0 Å². The van der Waals surface area contributed by atoms with Gasteiger partial charge >= 0.3 is 0 Å². The van der Waals surface area contributed by atoms with Crippen molar-refractivity contribution in [2.45, 2.75) is 0 Å². The van der Waals surface area contributed by atoms with Crippen LogP contribution in [0, 0.1) is 0 Å². The molecule has 1 saturated heterocycles. The van der Waals surface area contributed by atoms with E-state index in [2.05, 4.69) is 15.5 Å². The number of pyridine rings is 1. The Bertz CT molecular complexity index is 442. The van der Waals surface area contributed by atoms with Gasteiger partial charge in [-0.2, -0.15) is 0 Å². The molecule has 5 nitrogen and oxygen atoms in total. The van der Waals surface area contributed by atoms with Crippen LogP contribution in [0.25, 0.3) is 6.08 Å². The highest BCUT2D eigenvalue weighted by Gasteiger charge is 2.23. The largest absolute Gasteiger partial charge is 0.409 e. The van der Waals surface area contributed by atoms with Gasteiger partial charge in [-0.3, -0.25) is 15.1 Å². The van der Waals surface area contributed by atoms with E-state index in [4.69, 9.17) is 5.21 Å². The second kappa shape index (κ2) is 4.14. The molecule has 2 heterocycles.